The summed E-state index contributed by atoms with van der Waals surface area (Å²) >= 11 is 0. The van der Waals surface area contributed by atoms with Crippen LogP contribution in [0.1, 0.15) is 33.3 Å². The highest BCUT2D eigenvalue weighted by Crippen LogP contribution is 2.21. The van der Waals surface area contributed by atoms with Gasteiger partial charge in [-0.1, -0.05) is 41.6 Å². The van der Waals surface area contributed by atoms with Crippen LogP contribution in [0.4, 0.5) is 11.4 Å². The van der Waals surface area contributed by atoms with Crippen LogP contribution >= 0.6 is 0 Å². The molecule has 0 fully saturated rings. The molecular weight excluding hydrogens is 288 g/mol. The highest BCUT2D eigenvalue weighted by atomic mass is 16.7. The lowest BCUT2D eigenvalue weighted by Crippen LogP contribution is -2.20. The molecule has 0 aliphatic carbocycles. The Morgan fingerprint density at radius 1 is 1.00 bits per heavy atom. The largest absolute Gasteiger partial charge is 0.367 e. The SMILES string of the molecule is C/C(=N\OCOC(C)(C)C)c1ccccc1Nc1ccccc1. The van der Waals surface area contributed by atoms with E-state index in [0.29, 0.717) is 0 Å². The third kappa shape index (κ3) is 5.75. The van der Waals surface area contributed by atoms with Crippen molar-refractivity contribution in [2.75, 3.05) is 12.1 Å². The lowest BCUT2D eigenvalue weighted by molar-refractivity contribution is -0.119. The molecule has 0 amide bonds. The summed E-state index contributed by atoms with van der Waals surface area (Å²) in [4.78, 5) is 5.27. The van der Waals surface area contributed by atoms with Crippen LogP contribution < -0.4 is 5.32 Å². The lowest BCUT2D eigenvalue weighted by atomic mass is 10.1. The minimum Gasteiger partial charge on any atom is -0.367 e. The molecule has 0 atom stereocenters. The second-order valence-electron chi connectivity index (χ2n) is 6.22. The molecule has 0 spiro atoms. The minimum atomic E-state index is -0.240. The van der Waals surface area contributed by atoms with Crippen molar-refractivity contribution in [3.63, 3.8) is 0 Å². The Bertz CT molecular complexity index is 646. The first-order valence-corrected chi connectivity index (χ1v) is 7.68. The molecule has 0 aliphatic rings. The van der Waals surface area contributed by atoms with Crippen molar-refractivity contribution in [3.05, 3.63) is 60.2 Å². The summed E-state index contributed by atoms with van der Waals surface area (Å²) in [6.07, 6.45) is 0. The van der Waals surface area contributed by atoms with Crippen molar-refractivity contribution >= 4 is 17.1 Å². The monoisotopic (exact) mass is 312 g/mol. The van der Waals surface area contributed by atoms with E-state index in [0.717, 1.165) is 22.6 Å². The molecule has 0 radical (unpaired) electrons. The molecule has 1 N–H and O–H groups in total. The van der Waals surface area contributed by atoms with Gasteiger partial charge in [-0.25, -0.2) is 0 Å². The molecule has 0 unspecified atom stereocenters. The quantitative estimate of drug-likeness (QED) is 0.355. The Kier molecular flexibility index (Phi) is 5.77. The van der Waals surface area contributed by atoms with Crippen molar-refractivity contribution in [1.82, 2.24) is 0 Å². The van der Waals surface area contributed by atoms with Crippen molar-refractivity contribution in [2.24, 2.45) is 5.16 Å². The molecule has 2 aromatic carbocycles. The van der Waals surface area contributed by atoms with Crippen LogP contribution in [0.15, 0.2) is 59.8 Å². The zero-order valence-corrected chi connectivity index (χ0v) is 14.2. The molecule has 23 heavy (non-hydrogen) atoms. The van der Waals surface area contributed by atoms with Crippen LogP contribution in [0.2, 0.25) is 0 Å². The highest BCUT2D eigenvalue weighted by molar-refractivity contribution is 6.03. The Morgan fingerprint density at radius 3 is 2.35 bits per heavy atom. The van der Waals surface area contributed by atoms with E-state index >= 15 is 0 Å². The van der Waals surface area contributed by atoms with Crippen molar-refractivity contribution in [2.45, 2.75) is 33.3 Å². The highest BCUT2D eigenvalue weighted by Gasteiger charge is 2.10. The van der Waals surface area contributed by atoms with E-state index in [1.807, 2.05) is 82.3 Å². The first-order valence-electron chi connectivity index (χ1n) is 7.68. The summed E-state index contributed by atoms with van der Waals surface area (Å²) in [7, 11) is 0. The van der Waals surface area contributed by atoms with E-state index in [9.17, 15) is 0 Å². The van der Waals surface area contributed by atoms with Crippen molar-refractivity contribution in [1.29, 1.82) is 0 Å². The fourth-order valence-corrected chi connectivity index (χ4v) is 1.96. The maximum Gasteiger partial charge on any atom is 0.217 e. The smallest absolute Gasteiger partial charge is 0.217 e. The molecule has 0 aromatic heterocycles. The van der Waals surface area contributed by atoms with Crippen molar-refractivity contribution in [3.8, 4) is 0 Å². The number of nitrogens with one attached hydrogen (secondary N) is 1. The van der Waals surface area contributed by atoms with Gasteiger partial charge in [-0.2, -0.15) is 0 Å². The van der Waals surface area contributed by atoms with Crippen LogP contribution in [0.25, 0.3) is 0 Å². The molecule has 2 aromatic rings. The van der Waals surface area contributed by atoms with Gasteiger partial charge in [0, 0.05) is 16.9 Å². The number of oxime groups is 1. The van der Waals surface area contributed by atoms with E-state index in [2.05, 4.69) is 10.5 Å². The minimum absolute atomic E-state index is 0.134. The summed E-state index contributed by atoms with van der Waals surface area (Å²) in [6.45, 7) is 7.99. The summed E-state index contributed by atoms with van der Waals surface area (Å²) < 4.78 is 5.50. The van der Waals surface area contributed by atoms with Gasteiger partial charge >= 0.3 is 0 Å². The van der Waals surface area contributed by atoms with Crippen LogP contribution in [-0.2, 0) is 9.57 Å². The van der Waals surface area contributed by atoms with Gasteiger partial charge in [-0.15, -0.1) is 0 Å². The fraction of sp³-hybridized carbons (Fsp3) is 0.316. The maximum atomic E-state index is 5.50. The number of ether oxygens (including phenoxy) is 1. The van der Waals surface area contributed by atoms with Gasteiger partial charge < -0.3 is 14.9 Å². The van der Waals surface area contributed by atoms with E-state index in [1.54, 1.807) is 0 Å². The summed E-state index contributed by atoms with van der Waals surface area (Å²) in [5, 5.41) is 7.55. The third-order valence-electron chi connectivity index (χ3n) is 3.12. The number of para-hydroxylation sites is 2. The summed E-state index contributed by atoms with van der Waals surface area (Å²) in [6, 6.07) is 18.0. The van der Waals surface area contributed by atoms with Gasteiger partial charge in [0.25, 0.3) is 0 Å². The molecule has 4 heteroatoms. The molecule has 0 saturated heterocycles. The average Bonchev–Trinajstić information content (AvgIpc) is 2.52. The van der Waals surface area contributed by atoms with Crippen LogP contribution in [-0.4, -0.2) is 18.1 Å². The van der Waals surface area contributed by atoms with Gasteiger partial charge in [0.05, 0.1) is 11.3 Å². The van der Waals surface area contributed by atoms with Gasteiger partial charge in [0.15, 0.2) is 0 Å². The molecule has 0 heterocycles. The Balaban J connectivity index is 2.07. The average molecular weight is 312 g/mol. The van der Waals surface area contributed by atoms with E-state index in [4.69, 9.17) is 9.57 Å². The van der Waals surface area contributed by atoms with E-state index in [1.165, 1.54) is 0 Å². The van der Waals surface area contributed by atoms with Gasteiger partial charge in [0.1, 0.15) is 0 Å². The number of benzene rings is 2. The Labute approximate surface area is 138 Å². The van der Waals surface area contributed by atoms with Gasteiger partial charge in [-0.05, 0) is 45.9 Å². The lowest BCUT2D eigenvalue weighted by Gasteiger charge is -2.18. The van der Waals surface area contributed by atoms with Crippen molar-refractivity contribution < 1.29 is 9.57 Å². The Morgan fingerprint density at radius 2 is 1.65 bits per heavy atom. The Hall–Kier alpha value is -2.33. The first kappa shape index (κ1) is 17.0. The normalized spacial score (nSPS) is 12.1. The molecule has 122 valence electrons. The van der Waals surface area contributed by atoms with Crippen LogP contribution in [0.5, 0.6) is 0 Å². The van der Waals surface area contributed by atoms with E-state index in [-0.39, 0.29) is 12.4 Å². The van der Waals surface area contributed by atoms with Gasteiger partial charge in [0.2, 0.25) is 6.79 Å². The molecular formula is C19H24N2O2. The topological polar surface area (TPSA) is 42.9 Å². The number of anilines is 2. The fourth-order valence-electron chi connectivity index (χ4n) is 1.96. The predicted octanol–water partition coefficient (Wildman–Crippen LogP) is 4.94. The zero-order valence-electron chi connectivity index (χ0n) is 14.2. The zero-order chi connectivity index (χ0) is 16.7. The standard InChI is InChI=1S/C19H24N2O2/c1-15(21-23-14-22-19(2,3)4)17-12-8-9-13-18(17)20-16-10-6-5-7-11-16/h5-13,20H,14H2,1-4H3/b21-15+. The summed E-state index contributed by atoms with van der Waals surface area (Å²) in [5.74, 6) is 0. The number of hydrogen-bond acceptors (Lipinski definition) is 4. The molecule has 0 saturated carbocycles. The number of hydrogen-bond donors (Lipinski definition) is 1. The number of nitrogens with zero attached hydrogens (tertiary/aromatic N) is 1. The molecule has 2 rings (SSSR count). The van der Waals surface area contributed by atoms with E-state index < -0.39 is 0 Å². The predicted molar refractivity (Wildman–Crippen MR) is 95.2 cm³/mol. The van der Waals surface area contributed by atoms with Gasteiger partial charge in [-0.3, -0.25) is 0 Å². The maximum absolute atomic E-state index is 5.50. The number of rotatable bonds is 6. The second kappa shape index (κ2) is 7.79. The first-order chi connectivity index (χ1) is 11.0. The third-order valence-corrected chi connectivity index (χ3v) is 3.12. The molecule has 4 nitrogen and oxygen atoms in total. The molecule has 0 aliphatic heterocycles. The van der Waals surface area contributed by atoms with Crippen LogP contribution in [0, 0.1) is 0 Å². The summed E-state index contributed by atoms with van der Waals surface area (Å²) in [5.41, 5.74) is 3.56. The molecule has 0 bridgehead atoms. The second-order valence-corrected chi connectivity index (χ2v) is 6.22. The van der Waals surface area contributed by atoms with Crippen LogP contribution in [0.3, 0.4) is 0 Å².